The Balaban J connectivity index is 1.12. The Morgan fingerprint density at radius 2 is 1.00 bits per heavy atom. The van der Waals surface area contributed by atoms with Crippen LogP contribution in [0.5, 0.6) is 0 Å². The van der Waals surface area contributed by atoms with Gasteiger partial charge in [0.15, 0.2) is 0 Å². The van der Waals surface area contributed by atoms with Crippen molar-refractivity contribution in [3.8, 4) is 0 Å². The summed E-state index contributed by atoms with van der Waals surface area (Å²) in [6, 6.07) is 66.3. The second-order valence-corrected chi connectivity index (χ2v) is 17.8. The molecule has 0 amide bonds. The predicted octanol–water partition coefficient (Wildman–Crippen LogP) is 10.6. The molecule has 0 aliphatic carbocycles. The number of hydrogen-bond donors (Lipinski definition) is 1. The molecule has 0 radical (unpaired) electrons. The number of nitrogens with one attached hydrogen (secondary N) is 1. The van der Waals surface area contributed by atoms with E-state index in [9.17, 15) is 0 Å². The van der Waals surface area contributed by atoms with E-state index in [0.29, 0.717) is 0 Å². The molecule has 4 aliphatic heterocycles. The Bertz CT molecular complexity index is 3730. The Kier molecular flexibility index (Phi) is 6.46. The monoisotopic (exact) mass is 807 g/mol. The molecular formula is C54H31B2N3O2S. The van der Waals surface area contributed by atoms with E-state index in [2.05, 4.69) is 197 Å². The van der Waals surface area contributed by atoms with E-state index in [4.69, 9.17) is 8.83 Å². The maximum atomic E-state index is 6.77. The van der Waals surface area contributed by atoms with Gasteiger partial charge in [-0.1, -0.05) is 132 Å². The summed E-state index contributed by atoms with van der Waals surface area (Å²) in [4.78, 5) is 7.57. The molecule has 0 unspecified atom stereocenters. The molecule has 2 aromatic heterocycles. The van der Waals surface area contributed by atoms with Crippen LogP contribution in [0.15, 0.2) is 201 Å². The number of anilines is 8. The van der Waals surface area contributed by atoms with Crippen molar-refractivity contribution < 1.29 is 8.83 Å². The Hall–Kier alpha value is -7.54. The van der Waals surface area contributed by atoms with Gasteiger partial charge in [-0.3, -0.25) is 0 Å². The van der Waals surface area contributed by atoms with E-state index in [1.165, 1.54) is 48.0 Å². The van der Waals surface area contributed by atoms with Gasteiger partial charge >= 0.3 is 0 Å². The fourth-order valence-corrected chi connectivity index (χ4v) is 12.5. The Morgan fingerprint density at radius 1 is 0.419 bits per heavy atom. The Labute approximate surface area is 361 Å². The number of furan rings is 2. The van der Waals surface area contributed by atoms with Gasteiger partial charge in [-0.15, -0.1) is 0 Å². The van der Waals surface area contributed by atoms with Crippen LogP contribution >= 0.6 is 11.8 Å². The van der Waals surface area contributed by atoms with Gasteiger partial charge in [-0.2, -0.15) is 0 Å². The van der Waals surface area contributed by atoms with Crippen LogP contribution in [0, 0.1) is 0 Å². The second-order valence-electron chi connectivity index (χ2n) is 16.8. The first-order chi connectivity index (χ1) is 30.8. The fraction of sp³-hybridized carbons (Fsp3) is 0. The van der Waals surface area contributed by atoms with E-state index >= 15 is 0 Å². The molecule has 286 valence electrons. The zero-order valence-electron chi connectivity index (χ0n) is 33.1. The summed E-state index contributed by atoms with van der Waals surface area (Å²) in [6.45, 7) is -0.0607. The summed E-state index contributed by atoms with van der Waals surface area (Å²) in [5.74, 6) is 0. The van der Waals surface area contributed by atoms with Crippen molar-refractivity contribution in [2.75, 3.05) is 15.1 Å². The standard InChI is InChI=1S/C54H31B2N3O2S/c1-3-15-31(16-4-1)58-41-29-42-38(27-37(41)56-36-22-10-14-26-48(36)62-54-50-34-20-8-13-25-45(34)61-47(50)30-43(58)52(54)56)55-35-21-9-11-23-39(35)57-40-28-46-49(33-19-7-12-24-44(33)60-46)53(51(40)55)59(42)32-17-5-2-6-18-32/h1-30,57H. The first-order valence-electron chi connectivity index (χ1n) is 21.2. The molecule has 0 bridgehead atoms. The maximum absolute atomic E-state index is 6.77. The third-order valence-electron chi connectivity index (χ3n) is 13.7. The molecule has 5 nitrogen and oxygen atoms in total. The minimum Gasteiger partial charge on any atom is -0.456 e. The minimum absolute atomic E-state index is 0.0147. The molecule has 9 aromatic carbocycles. The number of nitrogens with zero attached hydrogens (tertiary/aromatic N) is 2. The number of fused-ring (bicyclic) bond motifs is 16. The quantitative estimate of drug-likeness (QED) is 0.176. The van der Waals surface area contributed by atoms with Crippen molar-refractivity contribution in [3.05, 3.63) is 182 Å². The average Bonchev–Trinajstić information content (AvgIpc) is 3.89. The van der Waals surface area contributed by atoms with Crippen LogP contribution in [0.4, 0.5) is 45.5 Å². The molecule has 0 saturated heterocycles. The molecule has 15 rings (SSSR count). The first-order valence-corrected chi connectivity index (χ1v) is 22.1. The molecule has 8 heteroatoms. The van der Waals surface area contributed by atoms with E-state index in [1.54, 1.807) is 0 Å². The average molecular weight is 808 g/mol. The molecule has 4 aliphatic rings. The molecule has 0 spiro atoms. The lowest BCUT2D eigenvalue weighted by Gasteiger charge is -2.44. The summed E-state index contributed by atoms with van der Waals surface area (Å²) < 4.78 is 13.5. The third kappa shape index (κ3) is 4.27. The molecule has 0 atom stereocenters. The van der Waals surface area contributed by atoms with Crippen LogP contribution in [0.1, 0.15) is 0 Å². The van der Waals surface area contributed by atoms with E-state index in [1.807, 2.05) is 11.8 Å². The highest BCUT2D eigenvalue weighted by atomic mass is 32.2. The van der Waals surface area contributed by atoms with Gasteiger partial charge in [0.05, 0.1) is 11.1 Å². The fourth-order valence-electron chi connectivity index (χ4n) is 11.2. The van der Waals surface area contributed by atoms with Crippen LogP contribution in [0.2, 0.25) is 0 Å². The van der Waals surface area contributed by atoms with Gasteiger partial charge in [0, 0.05) is 77.9 Å². The third-order valence-corrected chi connectivity index (χ3v) is 14.9. The van der Waals surface area contributed by atoms with Gasteiger partial charge in [0.2, 0.25) is 6.71 Å². The zero-order valence-corrected chi connectivity index (χ0v) is 33.9. The maximum Gasteiger partial charge on any atom is 0.252 e. The highest BCUT2D eigenvalue weighted by Crippen LogP contribution is 2.51. The molecular weight excluding hydrogens is 776 g/mol. The van der Waals surface area contributed by atoms with E-state index in [0.717, 1.165) is 84.0 Å². The summed E-state index contributed by atoms with van der Waals surface area (Å²) >= 11 is 1.89. The number of hydrogen-bond acceptors (Lipinski definition) is 6. The van der Waals surface area contributed by atoms with Gasteiger partial charge in [0.1, 0.15) is 22.3 Å². The SMILES string of the molecule is c1ccc(N2c3cc4c(cc3B3c5ccccc5Sc5c3c2cc2oc3ccccc3c52)B2c3ccccc3Nc3cc5oc6ccccc6c5c(c32)N4c2ccccc2)cc1. The lowest BCUT2D eigenvalue weighted by Crippen LogP contribution is -2.64. The predicted molar refractivity (Wildman–Crippen MR) is 260 cm³/mol. The van der Waals surface area contributed by atoms with Crippen molar-refractivity contribution in [1.29, 1.82) is 0 Å². The molecule has 0 saturated carbocycles. The number of rotatable bonds is 2. The summed E-state index contributed by atoms with van der Waals surface area (Å²) in [5.41, 5.74) is 20.4. The molecule has 62 heavy (non-hydrogen) atoms. The van der Waals surface area contributed by atoms with Crippen LogP contribution in [-0.2, 0) is 0 Å². The number of para-hydroxylation sites is 5. The first kappa shape index (κ1) is 33.2. The molecule has 0 fully saturated rings. The van der Waals surface area contributed by atoms with Gasteiger partial charge in [-0.05, 0) is 81.9 Å². The van der Waals surface area contributed by atoms with E-state index in [-0.39, 0.29) is 13.4 Å². The lowest BCUT2D eigenvalue weighted by molar-refractivity contribution is 0.668. The molecule has 11 aromatic rings. The molecule has 6 heterocycles. The minimum atomic E-state index is -0.0460. The lowest BCUT2D eigenvalue weighted by atomic mass is 9.31. The summed E-state index contributed by atoms with van der Waals surface area (Å²) in [6.07, 6.45) is 0. The van der Waals surface area contributed by atoms with Crippen molar-refractivity contribution in [3.63, 3.8) is 0 Å². The van der Waals surface area contributed by atoms with Crippen molar-refractivity contribution >= 4 is 147 Å². The normalized spacial score (nSPS) is 14.1. The van der Waals surface area contributed by atoms with Crippen LogP contribution < -0.4 is 47.9 Å². The highest BCUT2D eigenvalue weighted by molar-refractivity contribution is 8.00. The molecule has 1 N–H and O–H groups in total. The zero-order chi connectivity index (χ0) is 40.2. The topological polar surface area (TPSA) is 44.8 Å². The summed E-state index contributed by atoms with van der Waals surface area (Å²) in [7, 11) is 0. The number of benzene rings is 9. The largest absolute Gasteiger partial charge is 0.456 e. The second kappa shape index (κ2) is 12.1. The van der Waals surface area contributed by atoms with Gasteiger partial charge < -0.3 is 24.0 Å². The van der Waals surface area contributed by atoms with Crippen LogP contribution in [-0.4, -0.2) is 13.4 Å². The Morgan fingerprint density at radius 3 is 1.76 bits per heavy atom. The van der Waals surface area contributed by atoms with E-state index < -0.39 is 0 Å². The van der Waals surface area contributed by atoms with Crippen LogP contribution in [0.25, 0.3) is 43.9 Å². The van der Waals surface area contributed by atoms with Gasteiger partial charge in [-0.25, -0.2) is 0 Å². The van der Waals surface area contributed by atoms with Crippen molar-refractivity contribution in [2.24, 2.45) is 0 Å². The highest BCUT2D eigenvalue weighted by Gasteiger charge is 2.47. The smallest absolute Gasteiger partial charge is 0.252 e. The van der Waals surface area contributed by atoms with Crippen molar-refractivity contribution in [1.82, 2.24) is 0 Å². The van der Waals surface area contributed by atoms with Gasteiger partial charge in [0.25, 0.3) is 6.71 Å². The van der Waals surface area contributed by atoms with Crippen LogP contribution in [0.3, 0.4) is 0 Å². The van der Waals surface area contributed by atoms with Crippen molar-refractivity contribution in [2.45, 2.75) is 9.79 Å². The summed E-state index contributed by atoms with van der Waals surface area (Å²) in [5, 5.41) is 8.47.